The minimum atomic E-state index is -3.82. The van der Waals surface area contributed by atoms with Crippen LogP contribution in [-0.2, 0) is 14.8 Å². The summed E-state index contributed by atoms with van der Waals surface area (Å²) in [6.07, 6.45) is 0. The van der Waals surface area contributed by atoms with Crippen molar-refractivity contribution in [2.45, 2.75) is 44.7 Å². The third-order valence-electron chi connectivity index (χ3n) is 3.28. The van der Waals surface area contributed by atoms with E-state index in [9.17, 15) is 17.6 Å². The van der Waals surface area contributed by atoms with Gasteiger partial charge in [-0.05, 0) is 52.0 Å². The molecule has 7 heteroatoms. The predicted molar refractivity (Wildman–Crippen MR) is 83.3 cm³/mol. The predicted octanol–water partition coefficient (Wildman–Crippen LogP) is 2.09. The van der Waals surface area contributed by atoms with Crippen LogP contribution < -0.4 is 0 Å². The van der Waals surface area contributed by atoms with Crippen LogP contribution in [0.25, 0.3) is 0 Å². The van der Waals surface area contributed by atoms with Crippen LogP contribution in [0.1, 0.15) is 27.7 Å². The van der Waals surface area contributed by atoms with Crippen molar-refractivity contribution in [1.29, 1.82) is 0 Å². The average molecular weight is 330 g/mol. The van der Waals surface area contributed by atoms with Gasteiger partial charge >= 0.3 is 0 Å². The second-order valence-corrected chi connectivity index (χ2v) is 7.75. The topological polar surface area (TPSA) is 57.7 Å². The van der Waals surface area contributed by atoms with Gasteiger partial charge in [0.05, 0.1) is 11.4 Å². The molecule has 0 bridgehead atoms. The SMILES string of the molecule is CC(C)N(C(=O)CN(C)S(=O)(=O)c1ccc(F)cc1)C(C)C. The molecule has 1 amide bonds. The standard InChI is InChI=1S/C15H23FN2O3S/c1-11(2)18(12(3)4)15(19)10-17(5)22(20,21)14-8-6-13(16)7-9-14/h6-9,11-12H,10H2,1-5H3. The first kappa shape index (κ1) is 18.6. The maximum atomic E-state index is 12.9. The smallest absolute Gasteiger partial charge is 0.243 e. The van der Waals surface area contributed by atoms with E-state index in [1.165, 1.54) is 19.2 Å². The zero-order chi connectivity index (χ0) is 17.1. The van der Waals surface area contributed by atoms with Crippen molar-refractivity contribution in [2.24, 2.45) is 0 Å². The molecule has 0 aliphatic carbocycles. The Morgan fingerprint density at radius 2 is 1.55 bits per heavy atom. The lowest BCUT2D eigenvalue weighted by Crippen LogP contribution is -2.47. The highest BCUT2D eigenvalue weighted by Crippen LogP contribution is 2.15. The molecule has 22 heavy (non-hydrogen) atoms. The first-order valence-electron chi connectivity index (χ1n) is 7.10. The second-order valence-electron chi connectivity index (χ2n) is 5.70. The molecule has 0 spiro atoms. The van der Waals surface area contributed by atoms with Crippen LogP contribution in [0.4, 0.5) is 4.39 Å². The maximum absolute atomic E-state index is 12.9. The highest BCUT2D eigenvalue weighted by Gasteiger charge is 2.27. The van der Waals surface area contributed by atoms with Gasteiger partial charge in [0.15, 0.2) is 0 Å². The van der Waals surface area contributed by atoms with Gasteiger partial charge in [-0.25, -0.2) is 12.8 Å². The van der Waals surface area contributed by atoms with E-state index >= 15 is 0 Å². The number of benzene rings is 1. The Morgan fingerprint density at radius 1 is 1.09 bits per heavy atom. The van der Waals surface area contributed by atoms with Crippen LogP contribution in [0.3, 0.4) is 0 Å². The molecule has 124 valence electrons. The first-order valence-corrected chi connectivity index (χ1v) is 8.54. The number of hydrogen-bond acceptors (Lipinski definition) is 3. The van der Waals surface area contributed by atoms with Crippen LogP contribution in [-0.4, -0.2) is 49.2 Å². The molecular weight excluding hydrogens is 307 g/mol. The van der Waals surface area contributed by atoms with E-state index in [1.807, 2.05) is 27.7 Å². The fourth-order valence-corrected chi connectivity index (χ4v) is 3.44. The molecule has 0 aromatic heterocycles. The van der Waals surface area contributed by atoms with Gasteiger partial charge in [0, 0.05) is 19.1 Å². The number of rotatable bonds is 6. The van der Waals surface area contributed by atoms with Gasteiger partial charge in [-0.1, -0.05) is 0 Å². The molecule has 0 saturated heterocycles. The fraction of sp³-hybridized carbons (Fsp3) is 0.533. The van der Waals surface area contributed by atoms with Gasteiger partial charge in [0.2, 0.25) is 15.9 Å². The number of hydrogen-bond donors (Lipinski definition) is 0. The van der Waals surface area contributed by atoms with E-state index in [1.54, 1.807) is 4.90 Å². The van der Waals surface area contributed by atoms with E-state index in [4.69, 9.17) is 0 Å². The van der Waals surface area contributed by atoms with E-state index < -0.39 is 15.8 Å². The third kappa shape index (κ3) is 4.27. The Labute approximate surface area is 131 Å². The number of carbonyl (C=O) groups is 1. The van der Waals surface area contributed by atoms with Crippen LogP contribution in [0.2, 0.25) is 0 Å². The molecule has 1 rings (SSSR count). The summed E-state index contributed by atoms with van der Waals surface area (Å²) in [7, 11) is -2.47. The van der Waals surface area contributed by atoms with Crippen LogP contribution in [0, 0.1) is 5.82 Å². The number of nitrogens with zero attached hydrogens (tertiary/aromatic N) is 2. The van der Waals surface area contributed by atoms with Gasteiger partial charge < -0.3 is 4.90 Å². The maximum Gasteiger partial charge on any atom is 0.243 e. The van der Waals surface area contributed by atoms with Gasteiger partial charge in [-0.3, -0.25) is 4.79 Å². The molecule has 0 unspecified atom stereocenters. The van der Waals surface area contributed by atoms with Crippen molar-refractivity contribution < 1.29 is 17.6 Å². The summed E-state index contributed by atoms with van der Waals surface area (Å²) in [5, 5.41) is 0. The highest BCUT2D eigenvalue weighted by molar-refractivity contribution is 7.89. The molecule has 0 radical (unpaired) electrons. The summed E-state index contributed by atoms with van der Waals surface area (Å²) in [4.78, 5) is 13.9. The number of halogens is 1. The molecule has 0 aliphatic heterocycles. The van der Waals surface area contributed by atoms with Crippen LogP contribution in [0.5, 0.6) is 0 Å². The molecule has 1 aromatic rings. The molecule has 0 aliphatic rings. The van der Waals surface area contributed by atoms with Crippen molar-refractivity contribution in [3.05, 3.63) is 30.1 Å². The number of sulfonamides is 1. The van der Waals surface area contributed by atoms with E-state index in [0.29, 0.717) is 0 Å². The van der Waals surface area contributed by atoms with Crippen molar-refractivity contribution in [1.82, 2.24) is 9.21 Å². The Kier molecular flexibility index (Phi) is 6.08. The monoisotopic (exact) mass is 330 g/mol. The second kappa shape index (κ2) is 7.19. The number of carbonyl (C=O) groups excluding carboxylic acids is 1. The number of amides is 1. The first-order chi connectivity index (χ1) is 10.1. The molecule has 5 nitrogen and oxygen atoms in total. The zero-order valence-electron chi connectivity index (χ0n) is 13.6. The summed E-state index contributed by atoms with van der Waals surface area (Å²) < 4.78 is 38.6. The highest BCUT2D eigenvalue weighted by atomic mass is 32.2. The van der Waals surface area contributed by atoms with Gasteiger partial charge in [-0.15, -0.1) is 0 Å². The summed E-state index contributed by atoms with van der Waals surface area (Å²) in [6.45, 7) is 7.27. The van der Waals surface area contributed by atoms with Crippen LogP contribution >= 0.6 is 0 Å². The summed E-state index contributed by atoms with van der Waals surface area (Å²) in [6, 6.07) is 4.50. The minimum Gasteiger partial charge on any atom is -0.337 e. The lowest BCUT2D eigenvalue weighted by Gasteiger charge is -2.32. The molecule has 0 fully saturated rings. The van der Waals surface area contributed by atoms with Crippen molar-refractivity contribution in [2.75, 3.05) is 13.6 Å². The molecule has 0 atom stereocenters. The lowest BCUT2D eigenvalue weighted by molar-refractivity contribution is -0.134. The largest absolute Gasteiger partial charge is 0.337 e. The quantitative estimate of drug-likeness (QED) is 0.802. The summed E-state index contributed by atoms with van der Waals surface area (Å²) in [5.41, 5.74) is 0. The van der Waals surface area contributed by atoms with Crippen molar-refractivity contribution in [3.63, 3.8) is 0 Å². The molecular formula is C15H23FN2O3S. The lowest BCUT2D eigenvalue weighted by atomic mass is 10.2. The van der Waals surface area contributed by atoms with Crippen molar-refractivity contribution >= 4 is 15.9 Å². The van der Waals surface area contributed by atoms with E-state index in [0.717, 1.165) is 16.4 Å². The zero-order valence-corrected chi connectivity index (χ0v) is 14.4. The Morgan fingerprint density at radius 3 is 1.95 bits per heavy atom. The number of likely N-dealkylation sites (N-methyl/N-ethyl adjacent to an activating group) is 1. The van der Waals surface area contributed by atoms with Crippen molar-refractivity contribution in [3.8, 4) is 0 Å². The molecule has 1 aromatic carbocycles. The van der Waals surface area contributed by atoms with Gasteiger partial charge in [0.1, 0.15) is 5.82 Å². The van der Waals surface area contributed by atoms with Gasteiger partial charge in [0.25, 0.3) is 0 Å². The van der Waals surface area contributed by atoms with Crippen LogP contribution in [0.15, 0.2) is 29.2 Å². The Hall–Kier alpha value is -1.47. The Bertz CT molecular complexity index is 604. The molecule has 0 heterocycles. The molecule has 0 saturated carbocycles. The minimum absolute atomic E-state index is 0.0191. The van der Waals surface area contributed by atoms with E-state index in [2.05, 4.69) is 0 Å². The average Bonchev–Trinajstić information content (AvgIpc) is 2.37. The normalized spacial score (nSPS) is 12.2. The molecule has 0 N–H and O–H groups in total. The fourth-order valence-electron chi connectivity index (χ4n) is 2.32. The third-order valence-corrected chi connectivity index (χ3v) is 5.10. The summed E-state index contributed by atoms with van der Waals surface area (Å²) >= 11 is 0. The Balaban J connectivity index is 2.93. The summed E-state index contributed by atoms with van der Waals surface area (Å²) in [5.74, 6) is -0.776. The van der Waals surface area contributed by atoms with E-state index in [-0.39, 0.29) is 29.4 Å². The van der Waals surface area contributed by atoms with Gasteiger partial charge in [-0.2, -0.15) is 4.31 Å².